The molecule has 2 saturated heterocycles. The Labute approximate surface area is 357 Å². The fourth-order valence-electron chi connectivity index (χ4n) is 10.6. The highest BCUT2D eigenvalue weighted by Crippen LogP contribution is 2.47. The summed E-state index contributed by atoms with van der Waals surface area (Å²) in [6, 6.07) is 27.8. The third-order valence-electron chi connectivity index (χ3n) is 13.6. The topological polar surface area (TPSA) is 142 Å². The van der Waals surface area contributed by atoms with Crippen molar-refractivity contribution in [1.82, 2.24) is 39.5 Å². The second-order valence-corrected chi connectivity index (χ2v) is 18.0. The molecule has 3 amide bonds. The van der Waals surface area contributed by atoms with E-state index >= 15 is 0 Å². The van der Waals surface area contributed by atoms with E-state index in [9.17, 15) is 19.5 Å². The van der Waals surface area contributed by atoms with Crippen molar-refractivity contribution < 1.29 is 19.5 Å². The van der Waals surface area contributed by atoms with Crippen molar-refractivity contribution in [2.45, 2.75) is 89.0 Å². The van der Waals surface area contributed by atoms with Crippen LogP contribution in [-0.2, 0) is 9.59 Å². The smallest absolute Gasteiger partial charge is 0.407 e. The van der Waals surface area contributed by atoms with Crippen LogP contribution in [0.25, 0.3) is 44.2 Å². The van der Waals surface area contributed by atoms with Gasteiger partial charge in [-0.05, 0) is 110 Å². The lowest BCUT2D eigenvalue weighted by atomic mass is 9.84. The van der Waals surface area contributed by atoms with Crippen molar-refractivity contribution in [2.75, 3.05) is 27.7 Å². The number of rotatable bonds is 10. The van der Waals surface area contributed by atoms with Gasteiger partial charge in [0.25, 0.3) is 0 Å². The Bertz CT molecular complexity index is 2580. The average Bonchev–Trinajstić information content (AvgIpc) is 4.08. The lowest BCUT2D eigenvalue weighted by Crippen LogP contribution is -2.54. The summed E-state index contributed by atoms with van der Waals surface area (Å²) in [5.41, 5.74) is 6.83. The SMILES string of the molecule is CC(C)[C@@H](C(=O)N1[C@H](c2nc3ccc(-c4ccc5cc(-c6cnc([C@@H]7CCCN7C(=O)[C@@H](c7ccccc7)N(C)C)[nH]6)ccc5c4)cc3[nH]2)C[C@@H]2CCCC[C@@H]21)N(C)C(=O)O. The van der Waals surface area contributed by atoms with Gasteiger partial charge in [0, 0.05) is 25.2 Å². The molecule has 0 radical (unpaired) electrons. The van der Waals surface area contributed by atoms with Crippen molar-refractivity contribution >= 4 is 39.7 Å². The van der Waals surface area contributed by atoms with E-state index < -0.39 is 12.1 Å². The van der Waals surface area contributed by atoms with Gasteiger partial charge < -0.3 is 24.9 Å². The molecule has 12 nitrogen and oxygen atoms in total. The number of aromatic nitrogens is 4. The largest absolute Gasteiger partial charge is 0.465 e. The normalized spacial score (nSPS) is 21.4. The molecule has 0 unspecified atom stereocenters. The molecule has 1 aliphatic carbocycles. The van der Waals surface area contributed by atoms with Crippen LogP contribution >= 0.6 is 0 Å². The maximum atomic E-state index is 14.4. The number of H-pyrrole nitrogens is 2. The predicted molar refractivity (Wildman–Crippen MR) is 238 cm³/mol. The Morgan fingerprint density at radius 1 is 0.770 bits per heavy atom. The highest BCUT2D eigenvalue weighted by molar-refractivity contribution is 5.92. The quantitative estimate of drug-likeness (QED) is 0.125. The van der Waals surface area contributed by atoms with Crippen LogP contribution in [0.4, 0.5) is 4.79 Å². The van der Waals surface area contributed by atoms with E-state index in [1.54, 1.807) is 0 Å². The molecule has 12 heteroatoms. The van der Waals surface area contributed by atoms with Gasteiger partial charge in [0.05, 0.1) is 35.0 Å². The summed E-state index contributed by atoms with van der Waals surface area (Å²) in [6.07, 6.45) is 7.61. The van der Waals surface area contributed by atoms with Crippen LogP contribution in [0, 0.1) is 11.8 Å². The number of carboxylic acid groups (broad SMARTS) is 1. The number of fused-ring (bicyclic) bond motifs is 3. The van der Waals surface area contributed by atoms with Crippen molar-refractivity contribution in [3.63, 3.8) is 0 Å². The summed E-state index contributed by atoms with van der Waals surface area (Å²) < 4.78 is 0. The third kappa shape index (κ3) is 7.55. The van der Waals surface area contributed by atoms with Crippen molar-refractivity contribution in [1.29, 1.82) is 0 Å². The van der Waals surface area contributed by atoms with Gasteiger partial charge in [0.2, 0.25) is 11.8 Å². The zero-order valence-electron chi connectivity index (χ0n) is 35.7. The van der Waals surface area contributed by atoms with Crippen LogP contribution in [0.2, 0.25) is 0 Å². The lowest BCUT2D eigenvalue weighted by molar-refractivity contribution is -0.141. The fraction of sp³-hybridized carbons (Fsp3) is 0.408. The van der Waals surface area contributed by atoms with E-state index in [0.717, 1.165) is 106 Å². The number of nitrogens with one attached hydrogen (secondary N) is 2. The Balaban J connectivity index is 0.944. The number of carbonyl (C=O) groups is 3. The number of nitrogens with zero attached hydrogens (tertiary/aromatic N) is 6. The maximum Gasteiger partial charge on any atom is 0.407 e. The van der Waals surface area contributed by atoms with E-state index in [4.69, 9.17) is 9.97 Å². The third-order valence-corrected chi connectivity index (χ3v) is 13.6. The van der Waals surface area contributed by atoms with E-state index in [1.165, 1.54) is 11.9 Å². The molecule has 0 bridgehead atoms. The molecule has 0 spiro atoms. The number of imidazole rings is 2. The van der Waals surface area contributed by atoms with E-state index in [2.05, 4.69) is 58.5 Å². The van der Waals surface area contributed by atoms with Crippen LogP contribution < -0.4 is 0 Å². The first-order valence-electron chi connectivity index (χ1n) is 21.9. The molecule has 1 saturated carbocycles. The molecule has 3 aliphatic rings. The van der Waals surface area contributed by atoms with Gasteiger partial charge in [-0.3, -0.25) is 19.4 Å². The summed E-state index contributed by atoms with van der Waals surface area (Å²) in [5.74, 6) is 1.75. The molecule has 2 aromatic heterocycles. The summed E-state index contributed by atoms with van der Waals surface area (Å²) in [5, 5.41) is 12.1. The molecule has 4 aromatic carbocycles. The van der Waals surface area contributed by atoms with Gasteiger partial charge in [-0.15, -0.1) is 0 Å². The number of likely N-dealkylation sites (N-methyl/N-ethyl adjacent to an activating group) is 2. The monoisotopic (exact) mass is 820 g/mol. The van der Waals surface area contributed by atoms with Crippen molar-refractivity contribution in [3.8, 4) is 22.4 Å². The van der Waals surface area contributed by atoms with Crippen LogP contribution in [0.1, 0.15) is 94.1 Å². The first-order chi connectivity index (χ1) is 29.5. The summed E-state index contributed by atoms with van der Waals surface area (Å²) in [6.45, 7) is 4.54. The van der Waals surface area contributed by atoms with Gasteiger partial charge in [0.15, 0.2) is 0 Å². The van der Waals surface area contributed by atoms with E-state index in [-0.39, 0.29) is 41.9 Å². The predicted octanol–water partition coefficient (Wildman–Crippen LogP) is 9.21. The van der Waals surface area contributed by atoms with Crippen LogP contribution in [0.5, 0.6) is 0 Å². The molecule has 3 fully saturated rings. The van der Waals surface area contributed by atoms with E-state index in [0.29, 0.717) is 12.5 Å². The lowest BCUT2D eigenvalue weighted by Gasteiger charge is -2.38. The minimum absolute atomic E-state index is 0.0848. The van der Waals surface area contributed by atoms with Crippen LogP contribution in [-0.4, -0.2) is 102 Å². The molecule has 4 heterocycles. The van der Waals surface area contributed by atoms with Gasteiger partial charge in [-0.2, -0.15) is 0 Å². The highest BCUT2D eigenvalue weighted by atomic mass is 16.4. The van der Waals surface area contributed by atoms with Gasteiger partial charge in [-0.1, -0.05) is 87.4 Å². The second-order valence-electron chi connectivity index (χ2n) is 18.0. The standard InChI is InChI=1S/C49H56N8O4/c1-29(2)43(55(5)49(60)61)48(59)57-40-15-10-9-14-36(40)27-42(57)46-51-37-22-21-34(26-38(37)52-46)32-17-18-33-25-35(20-19-31(33)24-32)39-28-50-45(53-39)41-16-11-23-56(41)47(58)44(54(3)4)30-12-7-6-8-13-30/h6-8,12-13,17-22,24-26,28-29,36,40-44H,9-11,14-16,23,27H2,1-5H3,(H,50,53)(H,51,52)(H,60,61)/t36-,40-,41-,42-,43-,44+/m0/s1. The number of hydrogen-bond donors (Lipinski definition) is 3. The Kier molecular flexibility index (Phi) is 10.9. The molecule has 6 aromatic rings. The van der Waals surface area contributed by atoms with Gasteiger partial charge >= 0.3 is 6.09 Å². The molecular weight excluding hydrogens is 765 g/mol. The van der Waals surface area contributed by atoms with Crippen LogP contribution in [0.3, 0.4) is 0 Å². The first-order valence-corrected chi connectivity index (χ1v) is 21.9. The summed E-state index contributed by atoms with van der Waals surface area (Å²) >= 11 is 0. The molecule has 9 rings (SSSR count). The number of aromatic amines is 2. The maximum absolute atomic E-state index is 14.4. The molecule has 61 heavy (non-hydrogen) atoms. The highest BCUT2D eigenvalue weighted by Gasteiger charge is 2.49. The van der Waals surface area contributed by atoms with Crippen LogP contribution in [0.15, 0.2) is 91.1 Å². The number of carbonyl (C=O) groups excluding carboxylic acids is 2. The minimum atomic E-state index is -1.10. The first kappa shape index (κ1) is 40.4. The van der Waals surface area contributed by atoms with Crippen molar-refractivity contribution in [2.24, 2.45) is 11.8 Å². The Morgan fingerprint density at radius 3 is 2.21 bits per heavy atom. The molecular formula is C49H56N8O4. The Morgan fingerprint density at radius 2 is 1.48 bits per heavy atom. The molecule has 316 valence electrons. The zero-order chi connectivity index (χ0) is 42.5. The zero-order valence-corrected chi connectivity index (χ0v) is 35.7. The summed E-state index contributed by atoms with van der Waals surface area (Å²) in [7, 11) is 5.41. The molecule has 6 atom stereocenters. The average molecular weight is 821 g/mol. The molecule has 2 aliphatic heterocycles. The Hall–Kier alpha value is -6.01. The van der Waals surface area contributed by atoms with Gasteiger partial charge in [0.1, 0.15) is 23.7 Å². The molecule has 3 N–H and O–H groups in total. The fourth-order valence-corrected chi connectivity index (χ4v) is 10.6. The number of amides is 3. The van der Waals surface area contributed by atoms with Gasteiger partial charge in [-0.25, -0.2) is 14.8 Å². The second kappa shape index (κ2) is 16.5. The van der Waals surface area contributed by atoms with Crippen molar-refractivity contribution in [3.05, 3.63) is 108 Å². The minimum Gasteiger partial charge on any atom is -0.465 e. The number of hydrogen-bond acceptors (Lipinski definition) is 6. The summed E-state index contributed by atoms with van der Waals surface area (Å²) in [4.78, 5) is 64.6. The number of benzene rings is 4. The van der Waals surface area contributed by atoms with E-state index in [1.807, 2.05) is 85.2 Å². The number of likely N-dealkylation sites (tertiary alicyclic amines) is 2.